The van der Waals surface area contributed by atoms with Crippen LogP contribution in [0.1, 0.15) is 36.9 Å². The highest BCUT2D eigenvalue weighted by molar-refractivity contribution is 5.73. The first kappa shape index (κ1) is 16.5. The fourth-order valence-corrected chi connectivity index (χ4v) is 3.29. The molecule has 3 rings (SSSR count). The molecular weight excluding hydrogens is 304 g/mol. The maximum atomic E-state index is 12.1. The first-order valence-electron chi connectivity index (χ1n) is 8.40. The lowest BCUT2D eigenvalue weighted by atomic mass is 10.0. The minimum atomic E-state index is 0.0903. The quantitative estimate of drug-likeness (QED) is 0.863. The molecule has 3 heterocycles. The Morgan fingerprint density at radius 2 is 1.96 bits per heavy atom. The molecule has 6 nitrogen and oxygen atoms in total. The monoisotopic (exact) mass is 328 g/mol. The number of carbonyl (C=O) groups excluding carboxylic acids is 1. The smallest absolute Gasteiger partial charge is 0.225 e. The Morgan fingerprint density at radius 1 is 1.29 bits per heavy atom. The summed E-state index contributed by atoms with van der Waals surface area (Å²) in [6, 6.07) is 5.98. The van der Waals surface area contributed by atoms with E-state index in [4.69, 9.17) is 4.42 Å². The second kappa shape index (κ2) is 7.03. The van der Waals surface area contributed by atoms with Gasteiger partial charge in [-0.05, 0) is 44.9 Å². The second-order valence-corrected chi connectivity index (χ2v) is 6.40. The number of hydrogen-bond acceptors (Lipinski definition) is 5. The zero-order valence-corrected chi connectivity index (χ0v) is 14.5. The first-order chi connectivity index (χ1) is 11.5. The summed E-state index contributed by atoms with van der Waals surface area (Å²) in [7, 11) is 0. The van der Waals surface area contributed by atoms with Crippen molar-refractivity contribution in [1.29, 1.82) is 0 Å². The fourth-order valence-electron chi connectivity index (χ4n) is 3.29. The molecule has 1 aliphatic rings. The van der Waals surface area contributed by atoms with E-state index >= 15 is 0 Å². The van der Waals surface area contributed by atoms with Gasteiger partial charge in [0.2, 0.25) is 11.9 Å². The molecule has 0 N–H and O–H groups in total. The van der Waals surface area contributed by atoms with Crippen LogP contribution in [-0.2, 0) is 11.3 Å². The van der Waals surface area contributed by atoms with Crippen molar-refractivity contribution in [1.82, 2.24) is 14.9 Å². The van der Waals surface area contributed by atoms with Gasteiger partial charge in [0, 0.05) is 37.4 Å². The van der Waals surface area contributed by atoms with Gasteiger partial charge in [0.15, 0.2) is 0 Å². The number of piperidine rings is 1. The minimum Gasteiger partial charge on any atom is -0.467 e. The number of anilines is 1. The van der Waals surface area contributed by atoms with Crippen LogP contribution in [0.5, 0.6) is 0 Å². The molecular formula is C18H24N4O2. The number of furan rings is 1. The molecule has 1 aliphatic heterocycles. The number of amides is 1. The predicted molar refractivity (Wildman–Crippen MR) is 91.7 cm³/mol. The summed E-state index contributed by atoms with van der Waals surface area (Å²) in [6.07, 6.45) is 3.47. The van der Waals surface area contributed by atoms with E-state index in [-0.39, 0.29) is 11.9 Å². The maximum absolute atomic E-state index is 12.1. The fraction of sp³-hybridized carbons (Fsp3) is 0.500. The number of hydrogen-bond donors (Lipinski definition) is 0. The molecule has 24 heavy (non-hydrogen) atoms. The third-order valence-electron chi connectivity index (χ3n) is 4.47. The van der Waals surface area contributed by atoms with E-state index in [0.29, 0.717) is 6.54 Å². The summed E-state index contributed by atoms with van der Waals surface area (Å²) in [5.74, 6) is 1.71. The Hall–Kier alpha value is -2.37. The van der Waals surface area contributed by atoms with Crippen LogP contribution in [0, 0.1) is 13.8 Å². The highest BCUT2D eigenvalue weighted by Crippen LogP contribution is 2.22. The molecule has 0 aliphatic carbocycles. The lowest BCUT2D eigenvalue weighted by Crippen LogP contribution is -2.46. The van der Waals surface area contributed by atoms with Gasteiger partial charge in [0.1, 0.15) is 5.76 Å². The van der Waals surface area contributed by atoms with E-state index in [9.17, 15) is 4.79 Å². The zero-order chi connectivity index (χ0) is 17.1. The lowest BCUT2D eigenvalue weighted by molar-refractivity contribution is -0.132. The predicted octanol–water partition coefficient (Wildman–Crippen LogP) is 2.70. The summed E-state index contributed by atoms with van der Waals surface area (Å²) < 4.78 is 5.40. The molecule has 1 saturated heterocycles. The molecule has 0 bridgehead atoms. The first-order valence-corrected chi connectivity index (χ1v) is 8.40. The van der Waals surface area contributed by atoms with Crippen LogP contribution in [0.3, 0.4) is 0 Å². The molecule has 0 saturated carbocycles. The third-order valence-corrected chi connectivity index (χ3v) is 4.47. The molecule has 1 amide bonds. The van der Waals surface area contributed by atoms with E-state index < -0.39 is 0 Å². The standard InChI is InChI=1S/C18H24N4O2/c1-13-11-14(2)20-18(19-13)21-8-6-16(7-9-21)22(15(3)23)12-17-5-4-10-24-17/h4-5,10-11,16H,6-9,12H2,1-3H3. The van der Waals surface area contributed by atoms with Gasteiger partial charge in [0.25, 0.3) is 0 Å². The molecule has 2 aromatic rings. The van der Waals surface area contributed by atoms with Gasteiger partial charge in [-0.3, -0.25) is 4.79 Å². The molecule has 0 atom stereocenters. The molecule has 0 radical (unpaired) electrons. The SMILES string of the molecule is CC(=O)N(Cc1ccco1)C1CCN(c2nc(C)cc(C)n2)CC1. The van der Waals surface area contributed by atoms with E-state index in [1.165, 1.54) is 0 Å². The molecule has 2 aromatic heterocycles. The van der Waals surface area contributed by atoms with Crippen molar-refractivity contribution in [3.8, 4) is 0 Å². The van der Waals surface area contributed by atoms with Crippen molar-refractivity contribution < 1.29 is 9.21 Å². The Bertz CT molecular complexity index is 671. The average molecular weight is 328 g/mol. The Kier molecular flexibility index (Phi) is 4.83. The van der Waals surface area contributed by atoms with Crippen LogP contribution >= 0.6 is 0 Å². The molecule has 0 spiro atoms. The van der Waals surface area contributed by atoms with Crippen LogP contribution in [0.4, 0.5) is 5.95 Å². The Labute approximate surface area is 142 Å². The normalized spacial score (nSPS) is 15.5. The highest BCUT2D eigenvalue weighted by Gasteiger charge is 2.28. The van der Waals surface area contributed by atoms with Crippen molar-refractivity contribution >= 4 is 11.9 Å². The van der Waals surface area contributed by atoms with Crippen LogP contribution in [-0.4, -0.2) is 39.9 Å². The number of aryl methyl sites for hydroxylation is 2. The van der Waals surface area contributed by atoms with Gasteiger partial charge in [0.05, 0.1) is 12.8 Å². The maximum Gasteiger partial charge on any atom is 0.225 e. The molecule has 0 unspecified atom stereocenters. The molecule has 1 fully saturated rings. The number of carbonyl (C=O) groups is 1. The van der Waals surface area contributed by atoms with Gasteiger partial charge in [-0.15, -0.1) is 0 Å². The van der Waals surface area contributed by atoms with Crippen molar-refractivity contribution in [3.63, 3.8) is 0 Å². The van der Waals surface area contributed by atoms with Gasteiger partial charge in [-0.1, -0.05) is 0 Å². The van der Waals surface area contributed by atoms with Gasteiger partial charge in [-0.2, -0.15) is 0 Å². The number of nitrogens with zero attached hydrogens (tertiary/aromatic N) is 4. The van der Waals surface area contributed by atoms with Crippen molar-refractivity contribution in [2.24, 2.45) is 0 Å². The van der Waals surface area contributed by atoms with Gasteiger partial charge < -0.3 is 14.2 Å². The molecule has 128 valence electrons. The van der Waals surface area contributed by atoms with Crippen molar-refractivity contribution in [2.45, 2.75) is 46.2 Å². The zero-order valence-electron chi connectivity index (χ0n) is 14.5. The van der Waals surface area contributed by atoms with Crippen LogP contribution < -0.4 is 4.90 Å². The summed E-state index contributed by atoms with van der Waals surface area (Å²) >= 11 is 0. The van der Waals surface area contributed by atoms with Crippen LogP contribution in [0.15, 0.2) is 28.9 Å². The summed E-state index contributed by atoms with van der Waals surface area (Å²) in [6.45, 7) is 7.86. The Morgan fingerprint density at radius 3 is 2.50 bits per heavy atom. The van der Waals surface area contributed by atoms with Gasteiger partial charge >= 0.3 is 0 Å². The second-order valence-electron chi connectivity index (χ2n) is 6.40. The lowest BCUT2D eigenvalue weighted by Gasteiger charge is -2.38. The van der Waals surface area contributed by atoms with Crippen LogP contribution in [0.25, 0.3) is 0 Å². The number of aromatic nitrogens is 2. The molecule has 0 aromatic carbocycles. The summed E-state index contributed by atoms with van der Waals surface area (Å²) in [4.78, 5) is 25.3. The van der Waals surface area contributed by atoms with E-state index in [1.807, 2.05) is 36.9 Å². The molecule has 6 heteroatoms. The van der Waals surface area contributed by atoms with E-state index in [0.717, 1.165) is 49.0 Å². The van der Waals surface area contributed by atoms with Gasteiger partial charge in [-0.25, -0.2) is 9.97 Å². The van der Waals surface area contributed by atoms with Crippen molar-refractivity contribution in [3.05, 3.63) is 41.6 Å². The third kappa shape index (κ3) is 3.75. The minimum absolute atomic E-state index is 0.0903. The Balaban J connectivity index is 1.65. The summed E-state index contributed by atoms with van der Waals surface area (Å²) in [5, 5.41) is 0. The van der Waals surface area contributed by atoms with Crippen molar-refractivity contribution in [2.75, 3.05) is 18.0 Å². The number of rotatable bonds is 4. The highest BCUT2D eigenvalue weighted by atomic mass is 16.3. The average Bonchev–Trinajstić information content (AvgIpc) is 3.05. The van der Waals surface area contributed by atoms with E-state index in [2.05, 4.69) is 14.9 Å². The van der Waals surface area contributed by atoms with Crippen LogP contribution in [0.2, 0.25) is 0 Å². The van der Waals surface area contributed by atoms with E-state index in [1.54, 1.807) is 13.2 Å². The largest absolute Gasteiger partial charge is 0.467 e. The topological polar surface area (TPSA) is 62.5 Å². The summed E-state index contributed by atoms with van der Waals surface area (Å²) in [5.41, 5.74) is 1.98.